The van der Waals surface area contributed by atoms with Gasteiger partial charge in [0.2, 0.25) is 5.91 Å². The lowest BCUT2D eigenvalue weighted by Crippen LogP contribution is -2.15. The topological polar surface area (TPSA) is 59.8 Å². The highest BCUT2D eigenvalue weighted by atomic mass is 16.1. The summed E-state index contributed by atoms with van der Waals surface area (Å²) in [5.41, 5.74) is 1.89. The number of aromatic nitrogens is 3. The Morgan fingerprint density at radius 2 is 2.05 bits per heavy atom. The maximum atomic E-state index is 11.9. The molecule has 1 N–H and O–H groups in total. The van der Waals surface area contributed by atoms with Crippen LogP contribution in [0.2, 0.25) is 0 Å². The molecule has 0 fully saturated rings. The number of carbonyl (C=O) groups is 1. The van der Waals surface area contributed by atoms with Gasteiger partial charge >= 0.3 is 0 Å². The first kappa shape index (κ1) is 13.3. The van der Waals surface area contributed by atoms with Crippen LogP contribution in [0.4, 0.5) is 5.82 Å². The molecule has 0 aliphatic rings. The number of hydrogen-bond acceptors (Lipinski definition) is 3. The minimum absolute atomic E-state index is 0.0337. The Balaban J connectivity index is 1.63. The van der Waals surface area contributed by atoms with Gasteiger partial charge in [0.1, 0.15) is 5.82 Å². The largest absolute Gasteiger partial charge is 0.311 e. The van der Waals surface area contributed by atoms with Crippen molar-refractivity contribution in [3.8, 4) is 0 Å². The Hall–Kier alpha value is -2.69. The third-order valence-corrected chi connectivity index (χ3v) is 3.35. The number of pyridine rings is 1. The quantitative estimate of drug-likeness (QED) is 0.799. The smallest absolute Gasteiger partial charge is 0.225 e. The van der Waals surface area contributed by atoms with Gasteiger partial charge in [-0.25, -0.2) is 0 Å². The van der Waals surface area contributed by atoms with E-state index in [-0.39, 0.29) is 5.91 Å². The molecule has 106 valence electrons. The Morgan fingerprint density at radius 3 is 2.86 bits per heavy atom. The lowest BCUT2D eigenvalue weighted by molar-refractivity contribution is -0.116. The van der Waals surface area contributed by atoms with Crippen LogP contribution in [0.5, 0.6) is 0 Å². The second-order valence-corrected chi connectivity index (χ2v) is 4.88. The second kappa shape index (κ2) is 5.75. The zero-order chi connectivity index (χ0) is 14.7. The van der Waals surface area contributed by atoms with E-state index in [1.165, 1.54) is 0 Å². The predicted octanol–water partition coefficient (Wildman–Crippen LogP) is 2.54. The Kier molecular flexibility index (Phi) is 3.64. The molecule has 0 aliphatic heterocycles. The fourth-order valence-corrected chi connectivity index (χ4v) is 2.19. The first-order valence-electron chi connectivity index (χ1n) is 6.85. The van der Waals surface area contributed by atoms with Crippen LogP contribution in [0, 0.1) is 0 Å². The van der Waals surface area contributed by atoms with Crippen molar-refractivity contribution in [3.63, 3.8) is 0 Å². The van der Waals surface area contributed by atoms with Crippen molar-refractivity contribution < 1.29 is 4.79 Å². The lowest BCUT2D eigenvalue weighted by atomic mass is 10.1. The minimum atomic E-state index is -0.0337. The predicted molar refractivity (Wildman–Crippen MR) is 81.9 cm³/mol. The van der Waals surface area contributed by atoms with Crippen LogP contribution in [0.1, 0.15) is 12.1 Å². The van der Waals surface area contributed by atoms with Crippen molar-refractivity contribution >= 4 is 22.6 Å². The monoisotopic (exact) mass is 280 g/mol. The molecule has 2 aromatic heterocycles. The van der Waals surface area contributed by atoms with E-state index in [9.17, 15) is 4.79 Å². The molecule has 0 saturated heterocycles. The van der Waals surface area contributed by atoms with E-state index in [2.05, 4.69) is 15.4 Å². The van der Waals surface area contributed by atoms with Crippen molar-refractivity contribution in [2.45, 2.75) is 12.8 Å². The first-order chi connectivity index (χ1) is 10.2. The summed E-state index contributed by atoms with van der Waals surface area (Å²) >= 11 is 0. The summed E-state index contributed by atoms with van der Waals surface area (Å²) < 4.78 is 1.63. The van der Waals surface area contributed by atoms with E-state index in [0.29, 0.717) is 18.7 Å². The number of nitrogens with zero attached hydrogens (tertiary/aromatic N) is 3. The molecule has 5 heteroatoms. The SMILES string of the molecule is Cn1nccc1NC(=O)CCc1ccc2ccccc2n1. The summed E-state index contributed by atoms with van der Waals surface area (Å²) in [5.74, 6) is 0.667. The highest BCUT2D eigenvalue weighted by Gasteiger charge is 2.06. The van der Waals surface area contributed by atoms with Gasteiger partial charge in [-0.15, -0.1) is 0 Å². The number of rotatable bonds is 4. The molecule has 1 amide bonds. The molecule has 0 unspecified atom stereocenters. The highest BCUT2D eigenvalue weighted by Crippen LogP contribution is 2.13. The van der Waals surface area contributed by atoms with E-state index < -0.39 is 0 Å². The van der Waals surface area contributed by atoms with E-state index in [1.807, 2.05) is 36.4 Å². The number of carbonyl (C=O) groups excluding carboxylic acids is 1. The maximum Gasteiger partial charge on any atom is 0.225 e. The van der Waals surface area contributed by atoms with Gasteiger partial charge in [0.15, 0.2) is 0 Å². The van der Waals surface area contributed by atoms with Gasteiger partial charge in [-0.3, -0.25) is 14.5 Å². The average Bonchev–Trinajstić information content (AvgIpc) is 2.90. The fraction of sp³-hybridized carbons (Fsp3) is 0.188. The molecule has 0 bridgehead atoms. The zero-order valence-electron chi connectivity index (χ0n) is 11.8. The molecule has 2 heterocycles. The summed E-state index contributed by atoms with van der Waals surface area (Å²) in [6, 6.07) is 13.7. The van der Waals surface area contributed by atoms with Crippen LogP contribution in [0.15, 0.2) is 48.7 Å². The summed E-state index contributed by atoms with van der Waals surface area (Å²) in [4.78, 5) is 16.5. The molecule has 3 aromatic rings. The molecule has 21 heavy (non-hydrogen) atoms. The third kappa shape index (κ3) is 3.08. The normalized spacial score (nSPS) is 10.7. The number of fused-ring (bicyclic) bond motifs is 1. The van der Waals surface area contributed by atoms with Crippen molar-refractivity contribution in [1.82, 2.24) is 14.8 Å². The Bertz CT molecular complexity index is 779. The van der Waals surface area contributed by atoms with E-state index in [4.69, 9.17) is 0 Å². The number of nitrogens with one attached hydrogen (secondary N) is 1. The number of hydrogen-bond donors (Lipinski definition) is 1. The van der Waals surface area contributed by atoms with Crippen LogP contribution in [-0.4, -0.2) is 20.7 Å². The molecule has 5 nitrogen and oxygen atoms in total. The van der Waals surface area contributed by atoms with E-state index in [0.717, 1.165) is 16.6 Å². The molecular weight excluding hydrogens is 264 g/mol. The molecule has 0 spiro atoms. The molecule has 3 rings (SSSR count). The van der Waals surface area contributed by atoms with Gasteiger partial charge in [-0.1, -0.05) is 24.3 Å². The summed E-state index contributed by atoms with van der Waals surface area (Å²) in [7, 11) is 1.79. The number of anilines is 1. The van der Waals surface area contributed by atoms with Crippen LogP contribution < -0.4 is 5.32 Å². The van der Waals surface area contributed by atoms with Gasteiger partial charge in [-0.2, -0.15) is 5.10 Å². The molecule has 1 aromatic carbocycles. The van der Waals surface area contributed by atoms with Gasteiger partial charge in [0, 0.05) is 30.6 Å². The van der Waals surface area contributed by atoms with Crippen LogP contribution in [0.25, 0.3) is 10.9 Å². The molecule has 0 radical (unpaired) electrons. The standard InChI is InChI=1S/C16H16N4O/c1-20-15(10-11-17-20)19-16(21)9-8-13-7-6-12-4-2-3-5-14(12)18-13/h2-7,10-11H,8-9H2,1H3,(H,19,21). The number of benzene rings is 1. The van der Waals surface area contributed by atoms with E-state index >= 15 is 0 Å². The van der Waals surface area contributed by atoms with E-state index in [1.54, 1.807) is 24.0 Å². The van der Waals surface area contributed by atoms with Crippen molar-refractivity contribution in [3.05, 3.63) is 54.4 Å². The van der Waals surface area contributed by atoms with Gasteiger partial charge in [-0.05, 0) is 18.6 Å². The summed E-state index contributed by atoms with van der Waals surface area (Å²) in [6.45, 7) is 0. The Labute approximate surface area is 122 Å². The number of para-hydroxylation sites is 1. The first-order valence-corrected chi connectivity index (χ1v) is 6.85. The van der Waals surface area contributed by atoms with Gasteiger partial charge in [0.05, 0.1) is 11.7 Å². The molecule has 0 aliphatic carbocycles. The molecular formula is C16H16N4O. The average molecular weight is 280 g/mol. The maximum absolute atomic E-state index is 11.9. The van der Waals surface area contributed by atoms with Crippen LogP contribution >= 0.6 is 0 Å². The highest BCUT2D eigenvalue weighted by molar-refractivity contribution is 5.90. The third-order valence-electron chi connectivity index (χ3n) is 3.35. The van der Waals surface area contributed by atoms with Gasteiger partial charge in [0.25, 0.3) is 0 Å². The van der Waals surface area contributed by atoms with Crippen LogP contribution in [-0.2, 0) is 18.3 Å². The molecule has 0 atom stereocenters. The zero-order valence-corrected chi connectivity index (χ0v) is 11.8. The lowest BCUT2D eigenvalue weighted by Gasteiger charge is -2.05. The summed E-state index contributed by atoms with van der Waals surface area (Å²) in [6.07, 6.45) is 2.67. The fourth-order valence-electron chi connectivity index (χ4n) is 2.19. The van der Waals surface area contributed by atoms with Crippen molar-refractivity contribution in [2.75, 3.05) is 5.32 Å². The second-order valence-electron chi connectivity index (χ2n) is 4.88. The van der Waals surface area contributed by atoms with Crippen molar-refractivity contribution in [1.29, 1.82) is 0 Å². The number of amides is 1. The summed E-state index contributed by atoms with van der Waals surface area (Å²) in [5, 5.41) is 7.95. The molecule has 0 saturated carbocycles. The minimum Gasteiger partial charge on any atom is -0.311 e. The van der Waals surface area contributed by atoms with Gasteiger partial charge < -0.3 is 5.32 Å². The van der Waals surface area contributed by atoms with Crippen LogP contribution in [0.3, 0.4) is 0 Å². The number of aryl methyl sites for hydroxylation is 2. The Morgan fingerprint density at radius 1 is 1.19 bits per heavy atom. The van der Waals surface area contributed by atoms with Crippen molar-refractivity contribution in [2.24, 2.45) is 7.05 Å².